The molecule has 0 saturated carbocycles. The number of thiocarbonyl (C=S) groups is 1. The minimum absolute atomic E-state index is 0.0156. The van der Waals surface area contributed by atoms with Crippen LogP contribution in [0, 0.1) is 13.8 Å². The standard InChI is InChI=1S/C27H33N5OS/c1-20-19-23(21(2)32(20)22-9-4-3-5-10-22)26-25(24-11-6-7-12-28-24)29-27(34)31(26)14-8-13-30-15-17-33-18-16-30/h3-7,9-12,19,25-26H,8,13-18H2,1-2H3,(H,29,34)/t25-,26+/m0/s1. The number of morpholine rings is 1. The predicted octanol–water partition coefficient (Wildman–Crippen LogP) is 4.18. The molecule has 0 bridgehead atoms. The number of ether oxygens (including phenoxy) is 1. The quantitative estimate of drug-likeness (QED) is 0.517. The highest BCUT2D eigenvalue weighted by Gasteiger charge is 2.41. The summed E-state index contributed by atoms with van der Waals surface area (Å²) in [5.41, 5.74) is 5.99. The third-order valence-electron chi connectivity index (χ3n) is 6.98. The fourth-order valence-electron chi connectivity index (χ4n) is 5.34. The number of hydrogen-bond donors (Lipinski definition) is 1. The van der Waals surface area contributed by atoms with Gasteiger partial charge in [0.15, 0.2) is 5.11 Å². The second kappa shape index (κ2) is 10.3. The van der Waals surface area contributed by atoms with E-state index in [1.165, 1.54) is 22.6 Å². The molecule has 3 aromatic rings. The van der Waals surface area contributed by atoms with E-state index in [1.807, 2.05) is 12.3 Å². The lowest BCUT2D eigenvalue weighted by Gasteiger charge is -2.30. The van der Waals surface area contributed by atoms with Gasteiger partial charge < -0.3 is 19.5 Å². The zero-order valence-electron chi connectivity index (χ0n) is 20.0. The molecule has 178 valence electrons. The van der Waals surface area contributed by atoms with Crippen molar-refractivity contribution in [3.63, 3.8) is 0 Å². The summed E-state index contributed by atoms with van der Waals surface area (Å²) in [7, 11) is 0. The first kappa shape index (κ1) is 23.0. The van der Waals surface area contributed by atoms with Gasteiger partial charge in [0.05, 0.1) is 31.0 Å². The molecular weight excluding hydrogens is 442 g/mol. The Morgan fingerprint density at radius 2 is 1.79 bits per heavy atom. The van der Waals surface area contributed by atoms with Crippen LogP contribution >= 0.6 is 12.2 Å². The van der Waals surface area contributed by atoms with Crippen LogP contribution in [0.1, 0.15) is 41.1 Å². The van der Waals surface area contributed by atoms with E-state index < -0.39 is 0 Å². The van der Waals surface area contributed by atoms with Gasteiger partial charge >= 0.3 is 0 Å². The predicted molar refractivity (Wildman–Crippen MR) is 139 cm³/mol. The van der Waals surface area contributed by atoms with Crippen molar-refractivity contribution in [2.45, 2.75) is 32.4 Å². The Bertz CT molecular complexity index is 1110. The third-order valence-corrected chi connectivity index (χ3v) is 7.33. The van der Waals surface area contributed by atoms with E-state index in [4.69, 9.17) is 21.9 Å². The van der Waals surface area contributed by atoms with Gasteiger partial charge in [-0.15, -0.1) is 0 Å². The lowest BCUT2D eigenvalue weighted by atomic mass is 9.96. The summed E-state index contributed by atoms with van der Waals surface area (Å²) < 4.78 is 7.85. The topological polar surface area (TPSA) is 45.6 Å². The van der Waals surface area contributed by atoms with Crippen LogP contribution in [0.3, 0.4) is 0 Å². The third kappa shape index (κ3) is 4.60. The van der Waals surface area contributed by atoms with Gasteiger partial charge in [-0.25, -0.2) is 0 Å². The molecule has 6 nitrogen and oxygen atoms in total. The highest BCUT2D eigenvalue weighted by molar-refractivity contribution is 7.80. The molecule has 0 unspecified atom stereocenters. The first-order chi connectivity index (χ1) is 16.6. The van der Waals surface area contributed by atoms with Crippen molar-refractivity contribution in [3.05, 3.63) is 83.4 Å². The van der Waals surface area contributed by atoms with E-state index in [9.17, 15) is 0 Å². The first-order valence-corrected chi connectivity index (χ1v) is 12.6. The molecule has 0 spiro atoms. The molecule has 2 aromatic heterocycles. The van der Waals surface area contributed by atoms with Gasteiger partial charge in [0.1, 0.15) is 0 Å². The monoisotopic (exact) mass is 475 g/mol. The van der Waals surface area contributed by atoms with Crippen molar-refractivity contribution in [1.82, 2.24) is 24.7 Å². The molecule has 2 saturated heterocycles. The van der Waals surface area contributed by atoms with Crippen LogP contribution < -0.4 is 5.32 Å². The SMILES string of the molecule is Cc1cc([C@@H]2[C@H](c3ccccn3)NC(=S)N2CCCN2CCOCC2)c(C)n1-c1ccccc1. The number of benzene rings is 1. The van der Waals surface area contributed by atoms with Crippen LogP contribution in [0.15, 0.2) is 60.8 Å². The summed E-state index contributed by atoms with van der Waals surface area (Å²) in [6, 6.07) is 19.1. The summed E-state index contributed by atoms with van der Waals surface area (Å²) in [5.74, 6) is 0. The molecule has 0 amide bonds. The Morgan fingerprint density at radius 3 is 2.53 bits per heavy atom. The van der Waals surface area contributed by atoms with Crippen LogP contribution in [-0.4, -0.2) is 63.9 Å². The number of nitrogens with one attached hydrogen (secondary N) is 1. The van der Waals surface area contributed by atoms with Gasteiger partial charge in [-0.05, 0) is 68.4 Å². The molecule has 4 heterocycles. The maximum atomic E-state index is 5.89. The van der Waals surface area contributed by atoms with Crippen molar-refractivity contribution < 1.29 is 4.74 Å². The van der Waals surface area contributed by atoms with Gasteiger partial charge in [0.25, 0.3) is 0 Å². The van der Waals surface area contributed by atoms with Crippen molar-refractivity contribution >= 4 is 17.3 Å². The van der Waals surface area contributed by atoms with Crippen molar-refractivity contribution in [2.75, 3.05) is 39.4 Å². The maximum Gasteiger partial charge on any atom is 0.170 e. The summed E-state index contributed by atoms with van der Waals surface area (Å²) in [4.78, 5) is 9.57. The highest BCUT2D eigenvalue weighted by atomic mass is 32.1. The second-order valence-corrected chi connectivity index (χ2v) is 9.51. The Balaban J connectivity index is 1.46. The summed E-state index contributed by atoms with van der Waals surface area (Å²) in [6.07, 6.45) is 2.93. The zero-order valence-corrected chi connectivity index (χ0v) is 20.8. The molecule has 2 aliphatic heterocycles. The molecular formula is C27H33N5OS. The van der Waals surface area contributed by atoms with Crippen molar-refractivity contribution in [3.8, 4) is 5.69 Å². The van der Waals surface area contributed by atoms with Gasteiger partial charge in [-0.2, -0.15) is 0 Å². The fourth-order valence-corrected chi connectivity index (χ4v) is 5.67. The lowest BCUT2D eigenvalue weighted by Crippen LogP contribution is -2.39. The Kier molecular flexibility index (Phi) is 6.94. The minimum atomic E-state index is 0.0156. The second-order valence-electron chi connectivity index (χ2n) is 9.12. The van der Waals surface area contributed by atoms with Gasteiger partial charge in [-0.3, -0.25) is 9.88 Å². The fraction of sp³-hybridized carbons (Fsp3) is 0.407. The highest BCUT2D eigenvalue weighted by Crippen LogP contribution is 2.41. The summed E-state index contributed by atoms with van der Waals surface area (Å²) >= 11 is 5.89. The van der Waals surface area contributed by atoms with Gasteiger partial charge in [-0.1, -0.05) is 24.3 Å². The molecule has 0 aliphatic carbocycles. The van der Waals surface area contributed by atoms with E-state index in [0.717, 1.165) is 56.6 Å². The molecule has 5 rings (SSSR count). The first-order valence-electron chi connectivity index (χ1n) is 12.2. The number of pyridine rings is 1. The maximum absolute atomic E-state index is 5.89. The molecule has 0 radical (unpaired) electrons. The molecule has 2 atom stereocenters. The van der Waals surface area contributed by atoms with Crippen molar-refractivity contribution in [2.24, 2.45) is 0 Å². The number of aryl methyl sites for hydroxylation is 1. The van der Waals surface area contributed by atoms with Crippen LogP contribution in [0.2, 0.25) is 0 Å². The van der Waals surface area contributed by atoms with E-state index in [-0.39, 0.29) is 12.1 Å². The van der Waals surface area contributed by atoms with Crippen molar-refractivity contribution in [1.29, 1.82) is 0 Å². The molecule has 1 N–H and O–H groups in total. The van der Waals surface area contributed by atoms with E-state index >= 15 is 0 Å². The molecule has 1 aromatic carbocycles. The van der Waals surface area contributed by atoms with Crippen LogP contribution in [-0.2, 0) is 4.74 Å². The number of hydrogen-bond acceptors (Lipinski definition) is 4. The minimum Gasteiger partial charge on any atom is -0.379 e. The molecule has 34 heavy (non-hydrogen) atoms. The van der Waals surface area contributed by atoms with E-state index in [2.05, 4.69) is 82.1 Å². The van der Waals surface area contributed by atoms with Crippen LogP contribution in [0.25, 0.3) is 5.69 Å². The molecule has 7 heteroatoms. The van der Waals surface area contributed by atoms with Crippen LogP contribution in [0.4, 0.5) is 0 Å². The van der Waals surface area contributed by atoms with E-state index in [0.29, 0.717) is 0 Å². The average Bonchev–Trinajstić information content (AvgIpc) is 3.35. The van der Waals surface area contributed by atoms with E-state index in [1.54, 1.807) is 0 Å². The Hall–Kier alpha value is -2.74. The molecule has 2 aliphatic rings. The average molecular weight is 476 g/mol. The summed E-state index contributed by atoms with van der Waals surface area (Å²) in [5, 5.41) is 4.42. The smallest absolute Gasteiger partial charge is 0.170 e. The number of para-hydroxylation sites is 1. The summed E-state index contributed by atoms with van der Waals surface area (Å²) in [6.45, 7) is 10.1. The number of aromatic nitrogens is 2. The van der Waals surface area contributed by atoms with Gasteiger partial charge in [0.2, 0.25) is 0 Å². The number of rotatable bonds is 7. The largest absolute Gasteiger partial charge is 0.379 e. The van der Waals surface area contributed by atoms with Gasteiger partial charge in [0, 0.05) is 49.5 Å². The molecule has 2 fully saturated rings. The lowest BCUT2D eigenvalue weighted by molar-refractivity contribution is 0.0365. The number of nitrogens with zero attached hydrogens (tertiary/aromatic N) is 4. The Morgan fingerprint density at radius 1 is 1.03 bits per heavy atom. The zero-order chi connectivity index (χ0) is 23.5. The normalized spacial score (nSPS) is 21.1. The van der Waals surface area contributed by atoms with Crippen LogP contribution in [0.5, 0.6) is 0 Å². The Labute approximate surface area is 207 Å².